The third kappa shape index (κ3) is 1.92. The summed E-state index contributed by atoms with van der Waals surface area (Å²) in [6, 6.07) is 4.64. The number of imidazole rings is 1. The Balaban J connectivity index is 1.98. The number of benzene rings is 1. The van der Waals surface area contributed by atoms with Crippen molar-refractivity contribution in [2.24, 2.45) is 0 Å². The summed E-state index contributed by atoms with van der Waals surface area (Å²) >= 11 is 5.23. The van der Waals surface area contributed by atoms with E-state index in [1.54, 1.807) is 6.07 Å². The van der Waals surface area contributed by atoms with Crippen LogP contribution in [-0.4, -0.2) is 21.5 Å². The second-order valence-corrected chi connectivity index (χ2v) is 4.89. The standard InChI is InChI=1S/C12H12FN3OS/c13-7-1-3-10-9(5-7)15-12(18)16(10)6-8-2-4-11(17)14-8/h1,3,5,8H,2,4,6H2,(H,14,17)(H,15,18). The molecule has 3 rings (SSSR count). The molecule has 0 bridgehead atoms. The molecule has 1 aromatic carbocycles. The highest BCUT2D eigenvalue weighted by Gasteiger charge is 2.21. The number of aromatic nitrogens is 2. The molecule has 1 amide bonds. The van der Waals surface area contributed by atoms with Crippen molar-refractivity contribution in [2.45, 2.75) is 25.4 Å². The lowest BCUT2D eigenvalue weighted by Gasteiger charge is -2.11. The van der Waals surface area contributed by atoms with Crippen molar-refractivity contribution in [2.75, 3.05) is 0 Å². The molecule has 0 aliphatic carbocycles. The Hall–Kier alpha value is -1.69. The lowest BCUT2D eigenvalue weighted by molar-refractivity contribution is -0.119. The normalized spacial score (nSPS) is 19.4. The lowest BCUT2D eigenvalue weighted by Crippen LogP contribution is -2.29. The van der Waals surface area contributed by atoms with Crippen LogP contribution in [0.15, 0.2) is 18.2 Å². The summed E-state index contributed by atoms with van der Waals surface area (Å²) in [5.41, 5.74) is 1.55. The molecule has 1 fully saturated rings. The number of amides is 1. The number of aromatic amines is 1. The molecular weight excluding hydrogens is 253 g/mol. The van der Waals surface area contributed by atoms with Crippen LogP contribution in [0, 0.1) is 10.6 Å². The van der Waals surface area contributed by atoms with E-state index in [-0.39, 0.29) is 17.8 Å². The molecule has 2 N–H and O–H groups in total. The van der Waals surface area contributed by atoms with E-state index in [0.29, 0.717) is 23.3 Å². The number of nitrogens with one attached hydrogen (secondary N) is 2. The maximum absolute atomic E-state index is 13.1. The number of carbonyl (C=O) groups excluding carboxylic acids is 1. The van der Waals surface area contributed by atoms with Gasteiger partial charge in [-0.1, -0.05) is 0 Å². The minimum Gasteiger partial charge on any atom is -0.352 e. The molecule has 0 saturated carbocycles. The molecular formula is C12H12FN3OS. The Kier molecular flexibility index (Phi) is 2.66. The molecule has 1 aliphatic rings. The molecule has 1 atom stereocenters. The van der Waals surface area contributed by atoms with Crippen LogP contribution >= 0.6 is 12.2 Å². The molecule has 2 heterocycles. The number of nitrogens with zero attached hydrogens (tertiary/aromatic N) is 1. The van der Waals surface area contributed by atoms with Gasteiger partial charge in [-0.3, -0.25) is 4.79 Å². The van der Waals surface area contributed by atoms with Crippen LogP contribution in [0.1, 0.15) is 12.8 Å². The SMILES string of the molecule is O=C1CCC(Cn2c(=S)[nH]c3cc(F)ccc32)N1. The Morgan fingerprint density at radius 3 is 3.06 bits per heavy atom. The Morgan fingerprint density at radius 2 is 2.33 bits per heavy atom. The molecule has 4 nitrogen and oxygen atoms in total. The van der Waals surface area contributed by atoms with Gasteiger partial charge in [0.2, 0.25) is 5.91 Å². The summed E-state index contributed by atoms with van der Waals surface area (Å²) in [6.07, 6.45) is 1.38. The van der Waals surface area contributed by atoms with Crippen molar-refractivity contribution in [3.63, 3.8) is 0 Å². The third-order valence-electron chi connectivity index (χ3n) is 3.22. The van der Waals surface area contributed by atoms with Crippen LogP contribution in [0.3, 0.4) is 0 Å². The number of carbonyl (C=O) groups is 1. The van der Waals surface area contributed by atoms with E-state index in [0.717, 1.165) is 11.9 Å². The molecule has 18 heavy (non-hydrogen) atoms. The average Bonchev–Trinajstić information content (AvgIpc) is 2.84. The quantitative estimate of drug-likeness (QED) is 0.817. The van der Waals surface area contributed by atoms with Crippen LogP contribution in [0.5, 0.6) is 0 Å². The minimum atomic E-state index is -0.292. The van der Waals surface area contributed by atoms with Crippen molar-refractivity contribution in [3.8, 4) is 0 Å². The van der Waals surface area contributed by atoms with Gasteiger partial charge in [0.1, 0.15) is 5.82 Å². The maximum Gasteiger partial charge on any atom is 0.220 e. The summed E-state index contributed by atoms with van der Waals surface area (Å²) in [5.74, 6) is -0.211. The highest BCUT2D eigenvalue weighted by Crippen LogP contribution is 2.18. The van der Waals surface area contributed by atoms with Crippen LogP contribution in [-0.2, 0) is 11.3 Å². The summed E-state index contributed by atoms with van der Waals surface area (Å²) in [6.45, 7) is 0.621. The van der Waals surface area contributed by atoms with E-state index in [1.165, 1.54) is 12.1 Å². The number of hydrogen-bond donors (Lipinski definition) is 2. The van der Waals surface area contributed by atoms with Gasteiger partial charge in [-0.05, 0) is 36.8 Å². The number of rotatable bonds is 2. The minimum absolute atomic E-state index is 0.0809. The summed E-state index contributed by atoms with van der Waals surface area (Å²) in [4.78, 5) is 14.1. The van der Waals surface area contributed by atoms with Gasteiger partial charge >= 0.3 is 0 Å². The fraction of sp³-hybridized carbons (Fsp3) is 0.333. The van der Waals surface area contributed by atoms with E-state index >= 15 is 0 Å². The van der Waals surface area contributed by atoms with Crippen LogP contribution in [0.4, 0.5) is 4.39 Å². The van der Waals surface area contributed by atoms with Gasteiger partial charge in [0, 0.05) is 19.0 Å². The van der Waals surface area contributed by atoms with E-state index in [9.17, 15) is 9.18 Å². The van der Waals surface area contributed by atoms with Gasteiger partial charge < -0.3 is 14.9 Å². The van der Waals surface area contributed by atoms with Gasteiger partial charge in [0.25, 0.3) is 0 Å². The van der Waals surface area contributed by atoms with E-state index in [1.807, 2.05) is 4.57 Å². The molecule has 94 valence electrons. The van der Waals surface area contributed by atoms with Crippen molar-refractivity contribution in [1.29, 1.82) is 0 Å². The molecule has 1 unspecified atom stereocenters. The van der Waals surface area contributed by atoms with Crippen molar-refractivity contribution >= 4 is 29.2 Å². The summed E-state index contributed by atoms with van der Waals surface area (Å²) < 4.78 is 15.6. The zero-order chi connectivity index (χ0) is 12.7. The summed E-state index contributed by atoms with van der Waals surface area (Å²) in [7, 11) is 0. The first-order valence-corrected chi connectivity index (χ1v) is 6.22. The van der Waals surface area contributed by atoms with Gasteiger partial charge in [-0.25, -0.2) is 4.39 Å². The maximum atomic E-state index is 13.1. The van der Waals surface area contributed by atoms with E-state index in [2.05, 4.69) is 10.3 Å². The van der Waals surface area contributed by atoms with Crippen molar-refractivity contribution in [1.82, 2.24) is 14.9 Å². The van der Waals surface area contributed by atoms with E-state index < -0.39 is 0 Å². The first kappa shape index (κ1) is 11.4. The topological polar surface area (TPSA) is 49.8 Å². The highest BCUT2D eigenvalue weighted by atomic mass is 32.1. The fourth-order valence-corrected chi connectivity index (χ4v) is 2.63. The van der Waals surface area contributed by atoms with Crippen LogP contribution in [0.25, 0.3) is 11.0 Å². The number of hydrogen-bond acceptors (Lipinski definition) is 2. The third-order valence-corrected chi connectivity index (χ3v) is 3.55. The second kappa shape index (κ2) is 4.20. The first-order chi connectivity index (χ1) is 8.63. The van der Waals surface area contributed by atoms with Crippen molar-refractivity contribution in [3.05, 3.63) is 28.8 Å². The van der Waals surface area contributed by atoms with Crippen molar-refractivity contribution < 1.29 is 9.18 Å². The molecule has 1 saturated heterocycles. The lowest BCUT2D eigenvalue weighted by atomic mass is 10.2. The average molecular weight is 265 g/mol. The van der Waals surface area contributed by atoms with Gasteiger partial charge in [-0.15, -0.1) is 0 Å². The smallest absolute Gasteiger partial charge is 0.220 e. The Labute approximate surface area is 108 Å². The Morgan fingerprint density at radius 1 is 1.50 bits per heavy atom. The zero-order valence-electron chi connectivity index (χ0n) is 9.57. The highest BCUT2D eigenvalue weighted by molar-refractivity contribution is 7.71. The van der Waals surface area contributed by atoms with Gasteiger partial charge in [0.05, 0.1) is 11.0 Å². The predicted octanol–water partition coefficient (Wildman–Crippen LogP) is 2.12. The second-order valence-electron chi connectivity index (χ2n) is 4.51. The first-order valence-electron chi connectivity index (χ1n) is 5.81. The van der Waals surface area contributed by atoms with Gasteiger partial charge in [0.15, 0.2) is 4.77 Å². The van der Waals surface area contributed by atoms with Crippen LogP contribution < -0.4 is 5.32 Å². The molecule has 6 heteroatoms. The van der Waals surface area contributed by atoms with Gasteiger partial charge in [-0.2, -0.15) is 0 Å². The molecule has 1 aromatic heterocycles. The Bertz CT molecular complexity index is 676. The molecule has 0 radical (unpaired) electrons. The predicted molar refractivity (Wildman–Crippen MR) is 68.2 cm³/mol. The zero-order valence-corrected chi connectivity index (χ0v) is 10.4. The monoisotopic (exact) mass is 265 g/mol. The molecule has 1 aliphatic heterocycles. The molecule has 0 spiro atoms. The molecule has 2 aromatic rings. The number of fused-ring (bicyclic) bond motifs is 1. The van der Waals surface area contributed by atoms with E-state index in [4.69, 9.17) is 12.2 Å². The summed E-state index contributed by atoms with van der Waals surface area (Å²) in [5, 5.41) is 2.90. The largest absolute Gasteiger partial charge is 0.352 e. The number of halogens is 1. The number of H-pyrrole nitrogens is 1. The fourth-order valence-electron chi connectivity index (χ4n) is 2.35. The van der Waals surface area contributed by atoms with Crippen LogP contribution in [0.2, 0.25) is 0 Å².